The lowest BCUT2D eigenvalue weighted by Gasteiger charge is -2.14. The van der Waals surface area contributed by atoms with Crippen LogP contribution in [0.3, 0.4) is 0 Å². The van der Waals surface area contributed by atoms with E-state index in [1.165, 1.54) is 11.1 Å². The standard InChI is InChI=1S/C20H18N2O2/c1-24-15-8-11-17-14(12-15)7-10-19(21-17)20(23)22-18-9-6-13-4-2-3-5-16(13)18/h2-5,7-8,10-12,18H,6,9H2,1H3,(H,22,23). The molecule has 120 valence electrons. The van der Waals surface area contributed by atoms with Crippen LogP contribution < -0.4 is 10.1 Å². The van der Waals surface area contributed by atoms with Crippen LogP contribution in [0, 0.1) is 0 Å². The van der Waals surface area contributed by atoms with Gasteiger partial charge in [-0.2, -0.15) is 0 Å². The van der Waals surface area contributed by atoms with Crippen LogP contribution in [-0.4, -0.2) is 18.0 Å². The molecule has 0 saturated carbocycles. The van der Waals surface area contributed by atoms with Gasteiger partial charge in [0, 0.05) is 5.39 Å². The molecule has 1 N–H and O–H groups in total. The predicted octanol–water partition coefficient (Wildman–Crippen LogP) is 3.66. The summed E-state index contributed by atoms with van der Waals surface area (Å²) in [5.74, 6) is 0.651. The van der Waals surface area contributed by atoms with Crippen molar-refractivity contribution in [1.29, 1.82) is 0 Å². The van der Waals surface area contributed by atoms with Gasteiger partial charge in [0.15, 0.2) is 0 Å². The summed E-state index contributed by atoms with van der Waals surface area (Å²) >= 11 is 0. The molecule has 1 atom stereocenters. The summed E-state index contributed by atoms with van der Waals surface area (Å²) in [6.07, 6.45) is 1.95. The number of fused-ring (bicyclic) bond motifs is 2. The second-order valence-corrected chi connectivity index (χ2v) is 6.02. The van der Waals surface area contributed by atoms with Gasteiger partial charge >= 0.3 is 0 Å². The summed E-state index contributed by atoms with van der Waals surface area (Å²) < 4.78 is 5.21. The van der Waals surface area contributed by atoms with E-state index in [9.17, 15) is 4.79 Å². The normalized spacial score (nSPS) is 16.0. The first kappa shape index (κ1) is 14.7. The van der Waals surface area contributed by atoms with Gasteiger partial charge < -0.3 is 10.1 Å². The third-order valence-electron chi connectivity index (χ3n) is 4.57. The molecule has 0 spiro atoms. The van der Waals surface area contributed by atoms with Crippen LogP contribution in [0.1, 0.15) is 34.1 Å². The molecule has 24 heavy (non-hydrogen) atoms. The number of nitrogens with zero attached hydrogens (tertiary/aromatic N) is 1. The van der Waals surface area contributed by atoms with Crippen molar-refractivity contribution in [3.8, 4) is 5.75 Å². The molecule has 3 aromatic rings. The number of pyridine rings is 1. The number of benzene rings is 2. The summed E-state index contributed by atoms with van der Waals surface area (Å²) in [5.41, 5.74) is 3.77. The zero-order valence-electron chi connectivity index (χ0n) is 13.5. The number of ether oxygens (including phenoxy) is 1. The van der Waals surface area contributed by atoms with Gasteiger partial charge in [0.05, 0.1) is 18.7 Å². The minimum Gasteiger partial charge on any atom is -0.497 e. The summed E-state index contributed by atoms with van der Waals surface area (Å²) in [6, 6.07) is 17.7. The Bertz CT molecular complexity index is 920. The predicted molar refractivity (Wildman–Crippen MR) is 93.3 cm³/mol. The minimum absolute atomic E-state index is 0.0714. The van der Waals surface area contributed by atoms with E-state index < -0.39 is 0 Å². The molecule has 0 aliphatic heterocycles. The highest BCUT2D eigenvalue weighted by atomic mass is 16.5. The van der Waals surface area contributed by atoms with Gasteiger partial charge in [0.1, 0.15) is 11.4 Å². The van der Waals surface area contributed by atoms with Gasteiger partial charge in [0.25, 0.3) is 5.91 Å². The van der Waals surface area contributed by atoms with E-state index in [2.05, 4.69) is 22.4 Å². The van der Waals surface area contributed by atoms with Crippen LogP contribution in [0.15, 0.2) is 54.6 Å². The summed E-state index contributed by atoms with van der Waals surface area (Å²) in [5, 5.41) is 4.07. The lowest BCUT2D eigenvalue weighted by Crippen LogP contribution is -2.27. The van der Waals surface area contributed by atoms with Gasteiger partial charge in [-0.15, -0.1) is 0 Å². The molecule has 1 aliphatic carbocycles. The SMILES string of the molecule is COc1ccc2nc(C(=O)NC3CCc4ccccc43)ccc2c1. The van der Waals surface area contributed by atoms with Gasteiger partial charge in [-0.3, -0.25) is 4.79 Å². The van der Waals surface area contributed by atoms with E-state index in [1.807, 2.05) is 36.4 Å². The van der Waals surface area contributed by atoms with E-state index in [-0.39, 0.29) is 11.9 Å². The number of carbonyl (C=O) groups excluding carboxylic acids is 1. The van der Waals surface area contributed by atoms with Crippen molar-refractivity contribution in [1.82, 2.24) is 10.3 Å². The fourth-order valence-corrected chi connectivity index (χ4v) is 3.30. The highest BCUT2D eigenvalue weighted by molar-refractivity contribution is 5.95. The molecule has 1 heterocycles. The van der Waals surface area contributed by atoms with Crippen LogP contribution >= 0.6 is 0 Å². The Morgan fingerprint density at radius 1 is 1.17 bits per heavy atom. The van der Waals surface area contributed by atoms with E-state index in [0.717, 1.165) is 29.5 Å². The highest BCUT2D eigenvalue weighted by Gasteiger charge is 2.24. The van der Waals surface area contributed by atoms with Gasteiger partial charge in [-0.1, -0.05) is 30.3 Å². The molecule has 1 aromatic heterocycles. The van der Waals surface area contributed by atoms with Crippen LogP contribution in [0.25, 0.3) is 10.9 Å². The first-order valence-corrected chi connectivity index (χ1v) is 8.08. The Kier molecular flexibility index (Phi) is 3.65. The first-order valence-electron chi connectivity index (χ1n) is 8.08. The Morgan fingerprint density at radius 3 is 2.92 bits per heavy atom. The minimum atomic E-state index is -0.130. The number of amides is 1. The average Bonchev–Trinajstić information content (AvgIpc) is 3.04. The maximum absolute atomic E-state index is 12.6. The third-order valence-corrected chi connectivity index (χ3v) is 4.57. The number of hydrogen-bond donors (Lipinski definition) is 1. The third kappa shape index (κ3) is 2.60. The molecular formula is C20H18N2O2. The van der Waals surface area contributed by atoms with Gasteiger partial charge in [-0.05, 0) is 48.2 Å². The fourth-order valence-electron chi connectivity index (χ4n) is 3.30. The Balaban J connectivity index is 1.58. The first-order chi connectivity index (χ1) is 11.7. The second-order valence-electron chi connectivity index (χ2n) is 6.02. The highest BCUT2D eigenvalue weighted by Crippen LogP contribution is 2.31. The topological polar surface area (TPSA) is 51.2 Å². The van der Waals surface area contributed by atoms with Gasteiger partial charge in [0.2, 0.25) is 0 Å². The molecule has 4 nitrogen and oxygen atoms in total. The fraction of sp³-hybridized carbons (Fsp3) is 0.200. The van der Waals surface area contributed by atoms with Crippen molar-refractivity contribution in [3.63, 3.8) is 0 Å². The van der Waals surface area contributed by atoms with Crippen LogP contribution in [0.2, 0.25) is 0 Å². The molecule has 0 saturated heterocycles. The second kappa shape index (κ2) is 5.96. The lowest BCUT2D eigenvalue weighted by atomic mass is 10.1. The zero-order chi connectivity index (χ0) is 16.5. The van der Waals surface area contributed by atoms with Crippen LogP contribution in [-0.2, 0) is 6.42 Å². The zero-order valence-corrected chi connectivity index (χ0v) is 13.5. The summed E-state index contributed by atoms with van der Waals surface area (Å²) in [6.45, 7) is 0. The maximum Gasteiger partial charge on any atom is 0.270 e. The summed E-state index contributed by atoms with van der Waals surface area (Å²) in [4.78, 5) is 17.1. The number of carbonyl (C=O) groups is 1. The molecule has 0 fully saturated rings. The van der Waals surface area contributed by atoms with Crippen molar-refractivity contribution in [2.75, 3.05) is 7.11 Å². The number of nitrogens with one attached hydrogen (secondary N) is 1. The van der Waals surface area contributed by atoms with Gasteiger partial charge in [-0.25, -0.2) is 4.98 Å². The Labute approximate surface area is 140 Å². The van der Waals surface area contributed by atoms with Crippen molar-refractivity contribution in [3.05, 3.63) is 71.4 Å². The van der Waals surface area contributed by atoms with Crippen molar-refractivity contribution in [2.45, 2.75) is 18.9 Å². The lowest BCUT2D eigenvalue weighted by molar-refractivity contribution is 0.0932. The molecule has 0 bridgehead atoms. The maximum atomic E-state index is 12.6. The molecule has 1 aliphatic rings. The molecule has 0 radical (unpaired) electrons. The number of methoxy groups -OCH3 is 1. The number of aromatic nitrogens is 1. The molecule has 1 unspecified atom stereocenters. The van der Waals surface area contributed by atoms with E-state index in [0.29, 0.717) is 5.69 Å². The molecule has 4 heteroatoms. The number of hydrogen-bond acceptors (Lipinski definition) is 3. The average molecular weight is 318 g/mol. The Morgan fingerprint density at radius 2 is 2.04 bits per heavy atom. The summed E-state index contributed by atoms with van der Waals surface area (Å²) in [7, 11) is 1.63. The number of aryl methyl sites for hydroxylation is 1. The van der Waals surface area contributed by atoms with Crippen molar-refractivity contribution >= 4 is 16.8 Å². The number of rotatable bonds is 3. The largest absolute Gasteiger partial charge is 0.497 e. The van der Waals surface area contributed by atoms with Crippen LogP contribution in [0.5, 0.6) is 5.75 Å². The molecule has 2 aromatic carbocycles. The van der Waals surface area contributed by atoms with E-state index in [4.69, 9.17) is 4.74 Å². The quantitative estimate of drug-likeness (QED) is 0.802. The molecule has 1 amide bonds. The smallest absolute Gasteiger partial charge is 0.270 e. The van der Waals surface area contributed by atoms with Crippen LogP contribution in [0.4, 0.5) is 0 Å². The molecule has 4 rings (SSSR count). The monoisotopic (exact) mass is 318 g/mol. The van der Waals surface area contributed by atoms with E-state index >= 15 is 0 Å². The van der Waals surface area contributed by atoms with Crippen molar-refractivity contribution in [2.24, 2.45) is 0 Å². The Hall–Kier alpha value is -2.88. The van der Waals surface area contributed by atoms with E-state index in [1.54, 1.807) is 13.2 Å². The van der Waals surface area contributed by atoms with Crippen molar-refractivity contribution < 1.29 is 9.53 Å². The molecular weight excluding hydrogens is 300 g/mol.